The van der Waals surface area contributed by atoms with E-state index in [2.05, 4.69) is 6.07 Å². The molecule has 0 bridgehead atoms. The van der Waals surface area contributed by atoms with Crippen molar-refractivity contribution in [3.63, 3.8) is 0 Å². The first-order valence-electron chi connectivity index (χ1n) is 11.1. The molecule has 1 amide bonds. The Morgan fingerprint density at radius 1 is 1.09 bits per heavy atom. The van der Waals surface area contributed by atoms with E-state index in [4.69, 9.17) is 22.1 Å². The second-order valence-corrected chi connectivity index (χ2v) is 9.12. The molecule has 0 aromatic heterocycles. The van der Waals surface area contributed by atoms with Gasteiger partial charge in [-0.2, -0.15) is 5.26 Å². The van der Waals surface area contributed by atoms with Crippen LogP contribution in [0, 0.1) is 16.7 Å². The third-order valence-electron chi connectivity index (χ3n) is 6.99. The number of nitriles is 1. The van der Waals surface area contributed by atoms with Gasteiger partial charge in [0.25, 0.3) is 0 Å². The number of hydrogen-bond donors (Lipinski definition) is 1. The Labute approximate surface area is 208 Å². The number of Topliss-reactive ketones (excluding diaryl/α,β-unsaturated/α-hetero) is 1. The summed E-state index contributed by atoms with van der Waals surface area (Å²) in [7, 11) is 1.53. The van der Waals surface area contributed by atoms with E-state index in [1.165, 1.54) is 7.11 Å². The number of nitrogens with two attached hydrogens (primary N) is 1. The lowest BCUT2D eigenvalue weighted by molar-refractivity contribution is -0.125. The molecule has 1 saturated heterocycles. The van der Waals surface area contributed by atoms with E-state index in [1.807, 2.05) is 35.2 Å². The number of ketones is 1. The molecule has 1 fully saturated rings. The van der Waals surface area contributed by atoms with Crippen LogP contribution in [0.4, 0.5) is 5.69 Å². The fraction of sp³-hybridized carbons (Fsp3) is 0.179. The SMILES string of the molecule is COc1cccc(C(=O)[C@H]2[C@H](c3ccc(Cl)cc3)[C@@](C#N)(C(N)=O)[C@H]3C=Cc4ccccc4N23)c1. The topological polar surface area (TPSA) is 96.4 Å². The van der Waals surface area contributed by atoms with Crippen LogP contribution in [0.3, 0.4) is 0 Å². The average Bonchev–Trinajstić information content (AvgIpc) is 3.20. The summed E-state index contributed by atoms with van der Waals surface area (Å²) in [5.41, 5.74) is 7.00. The van der Waals surface area contributed by atoms with Crippen LogP contribution in [0.5, 0.6) is 5.75 Å². The van der Waals surface area contributed by atoms with Gasteiger partial charge in [0.2, 0.25) is 5.91 Å². The molecular weight excluding hydrogens is 462 g/mol. The number of nitrogens with zero attached hydrogens (tertiary/aromatic N) is 2. The lowest BCUT2D eigenvalue weighted by Crippen LogP contribution is -2.49. The predicted molar refractivity (Wildman–Crippen MR) is 134 cm³/mol. The van der Waals surface area contributed by atoms with Gasteiger partial charge in [-0.05, 0) is 41.5 Å². The van der Waals surface area contributed by atoms with Gasteiger partial charge in [-0.15, -0.1) is 0 Å². The van der Waals surface area contributed by atoms with Crippen molar-refractivity contribution < 1.29 is 14.3 Å². The van der Waals surface area contributed by atoms with E-state index < -0.39 is 29.3 Å². The Hall–Kier alpha value is -4.08. The maximum atomic E-state index is 14.2. The molecule has 0 unspecified atom stereocenters. The van der Waals surface area contributed by atoms with Crippen molar-refractivity contribution in [1.82, 2.24) is 0 Å². The van der Waals surface area contributed by atoms with Crippen molar-refractivity contribution in [2.45, 2.75) is 18.0 Å². The molecule has 35 heavy (non-hydrogen) atoms. The summed E-state index contributed by atoms with van der Waals surface area (Å²) < 4.78 is 5.34. The molecule has 5 rings (SSSR count). The van der Waals surface area contributed by atoms with E-state index in [0.29, 0.717) is 21.9 Å². The molecule has 174 valence electrons. The number of fused-ring (bicyclic) bond motifs is 3. The zero-order valence-electron chi connectivity index (χ0n) is 18.9. The van der Waals surface area contributed by atoms with Crippen LogP contribution in [0.25, 0.3) is 6.08 Å². The Bertz CT molecular complexity index is 1400. The number of para-hydroxylation sites is 1. The molecular formula is C28H22ClN3O3. The number of halogens is 1. The minimum absolute atomic E-state index is 0.239. The Morgan fingerprint density at radius 2 is 1.83 bits per heavy atom. The number of hydrogen-bond acceptors (Lipinski definition) is 5. The van der Waals surface area contributed by atoms with Crippen molar-refractivity contribution in [1.29, 1.82) is 5.26 Å². The smallest absolute Gasteiger partial charge is 0.241 e. The summed E-state index contributed by atoms with van der Waals surface area (Å²) in [6.45, 7) is 0. The van der Waals surface area contributed by atoms with E-state index >= 15 is 0 Å². The highest BCUT2D eigenvalue weighted by Gasteiger charge is 2.65. The minimum atomic E-state index is -1.70. The first-order chi connectivity index (χ1) is 16.9. The molecule has 4 atom stereocenters. The number of methoxy groups -OCH3 is 1. The zero-order chi connectivity index (χ0) is 24.7. The average molecular weight is 484 g/mol. The van der Waals surface area contributed by atoms with E-state index in [1.54, 1.807) is 54.6 Å². The molecule has 2 aliphatic rings. The molecule has 0 radical (unpaired) electrons. The summed E-state index contributed by atoms with van der Waals surface area (Å²) in [5, 5.41) is 11.1. The number of benzene rings is 3. The van der Waals surface area contributed by atoms with Crippen molar-refractivity contribution in [3.8, 4) is 11.8 Å². The highest BCUT2D eigenvalue weighted by atomic mass is 35.5. The summed E-state index contributed by atoms with van der Waals surface area (Å²) in [6, 6.07) is 22.0. The van der Waals surface area contributed by atoms with Gasteiger partial charge in [0, 0.05) is 22.2 Å². The van der Waals surface area contributed by atoms with E-state index in [9.17, 15) is 14.9 Å². The molecule has 3 aromatic rings. The largest absolute Gasteiger partial charge is 0.497 e. The highest BCUT2D eigenvalue weighted by molar-refractivity contribution is 6.30. The van der Waals surface area contributed by atoms with Crippen molar-refractivity contribution in [3.05, 3.63) is 101 Å². The van der Waals surface area contributed by atoms with Crippen LogP contribution >= 0.6 is 11.6 Å². The van der Waals surface area contributed by atoms with E-state index in [0.717, 1.165) is 11.3 Å². The number of ether oxygens (including phenoxy) is 1. The molecule has 2 heterocycles. The summed E-state index contributed by atoms with van der Waals surface area (Å²) in [4.78, 5) is 29.3. The van der Waals surface area contributed by atoms with Gasteiger partial charge in [0.15, 0.2) is 11.2 Å². The lowest BCUT2D eigenvalue weighted by Gasteiger charge is -2.36. The van der Waals surface area contributed by atoms with Gasteiger partial charge in [0.05, 0.1) is 19.2 Å². The fourth-order valence-electron chi connectivity index (χ4n) is 5.42. The molecule has 2 aliphatic heterocycles. The quantitative estimate of drug-likeness (QED) is 0.535. The molecule has 6 nitrogen and oxygen atoms in total. The number of rotatable bonds is 5. The zero-order valence-corrected chi connectivity index (χ0v) is 19.6. The minimum Gasteiger partial charge on any atom is -0.497 e. The third kappa shape index (κ3) is 3.39. The van der Waals surface area contributed by atoms with Gasteiger partial charge in [0.1, 0.15) is 11.8 Å². The normalized spacial score (nSPS) is 24.3. The summed E-state index contributed by atoms with van der Waals surface area (Å²) in [5.74, 6) is -1.33. The van der Waals surface area contributed by atoms with Gasteiger partial charge >= 0.3 is 0 Å². The van der Waals surface area contributed by atoms with Crippen LogP contribution in [-0.4, -0.2) is 30.9 Å². The number of primary amides is 1. The van der Waals surface area contributed by atoms with Crippen LogP contribution in [0.15, 0.2) is 78.9 Å². The number of carbonyl (C=O) groups excluding carboxylic acids is 2. The summed E-state index contributed by atoms with van der Waals surface area (Å²) in [6.07, 6.45) is 3.68. The molecule has 0 saturated carbocycles. The number of anilines is 1. The standard InChI is InChI=1S/C28H22ClN3O3/c1-35-21-7-4-6-19(15-21)26(33)25-24(18-9-12-20(29)13-10-18)28(16-30,27(31)34)23-14-11-17-5-2-3-8-22(17)32(23)25/h2-15,23-25H,1H3,(H2,31,34)/t23-,24+,25-,28+/m1/s1. The van der Waals surface area contributed by atoms with Crippen LogP contribution in [0.1, 0.15) is 27.4 Å². The Morgan fingerprint density at radius 3 is 2.51 bits per heavy atom. The van der Waals surface area contributed by atoms with Gasteiger partial charge in [-0.3, -0.25) is 9.59 Å². The number of amides is 1. The van der Waals surface area contributed by atoms with Crippen molar-refractivity contribution in [2.75, 3.05) is 12.0 Å². The third-order valence-corrected chi connectivity index (χ3v) is 7.24. The van der Waals surface area contributed by atoms with Gasteiger partial charge in [-0.1, -0.05) is 66.2 Å². The van der Waals surface area contributed by atoms with Crippen molar-refractivity contribution in [2.24, 2.45) is 11.1 Å². The fourth-order valence-corrected chi connectivity index (χ4v) is 5.54. The first kappa shape index (κ1) is 22.7. The molecule has 0 aliphatic carbocycles. The summed E-state index contributed by atoms with van der Waals surface area (Å²) >= 11 is 6.14. The van der Waals surface area contributed by atoms with Crippen LogP contribution in [0.2, 0.25) is 5.02 Å². The number of carbonyl (C=O) groups is 2. The van der Waals surface area contributed by atoms with Crippen LogP contribution < -0.4 is 15.4 Å². The second-order valence-electron chi connectivity index (χ2n) is 8.69. The monoisotopic (exact) mass is 483 g/mol. The van der Waals surface area contributed by atoms with Crippen LogP contribution in [-0.2, 0) is 4.79 Å². The molecule has 7 heteroatoms. The maximum Gasteiger partial charge on any atom is 0.241 e. The molecule has 0 spiro atoms. The molecule has 2 N–H and O–H groups in total. The predicted octanol–water partition coefficient (Wildman–Crippen LogP) is 4.59. The van der Waals surface area contributed by atoms with Gasteiger partial charge < -0.3 is 15.4 Å². The maximum absolute atomic E-state index is 14.2. The van der Waals surface area contributed by atoms with E-state index in [-0.39, 0.29) is 5.78 Å². The molecule has 3 aromatic carbocycles. The highest BCUT2D eigenvalue weighted by Crippen LogP contribution is 2.55. The second kappa shape index (κ2) is 8.61. The Balaban J connectivity index is 1.80. The van der Waals surface area contributed by atoms with Crippen molar-refractivity contribution >= 4 is 35.1 Å². The lowest BCUT2D eigenvalue weighted by atomic mass is 9.67. The first-order valence-corrected chi connectivity index (χ1v) is 11.5. The van der Waals surface area contributed by atoms with Gasteiger partial charge in [-0.25, -0.2) is 0 Å². The Kier molecular flexibility index (Phi) is 5.58.